The van der Waals surface area contributed by atoms with E-state index in [1.807, 2.05) is 17.5 Å². The van der Waals surface area contributed by atoms with Crippen molar-refractivity contribution >= 4 is 11.3 Å². The lowest BCUT2D eigenvalue weighted by molar-refractivity contribution is 0.0297. The molecule has 0 saturated heterocycles. The predicted molar refractivity (Wildman–Crippen MR) is 87.5 cm³/mol. The first-order valence-electron chi connectivity index (χ1n) is 7.34. The van der Waals surface area contributed by atoms with Gasteiger partial charge in [-0.1, -0.05) is 37.3 Å². The normalized spacial score (nSPS) is 12.5. The van der Waals surface area contributed by atoms with Gasteiger partial charge in [-0.05, 0) is 29.0 Å². The molecule has 0 radical (unpaired) electrons. The van der Waals surface area contributed by atoms with Gasteiger partial charge in [0.25, 0.3) is 0 Å². The van der Waals surface area contributed by atoms with Crippen LogP contribution in [0.4, 0.5) is 0 Å². The molecule has 0 bridgehead atoms. The topological polar surface area (TPSA) is 41.5 Å². The first-order valence-corrected chi connectivity index (χ1v) is 8.22. The fourth-order valence-electron chi connectivity index (χ4n) is 2.03. The minimum atomic E-state index is -0.472. The number of hydrogen-bond donors (Lipinski definition) is 2. The molecule has 114 valence electrons. The van der Waals surface area contributed by atoms with Gasteiger partial charge in [0.2, 0.25) is 0 Å². The molecule has 4 heteroatoms. The van der Waals surface area contributed by atoms with Gasteiger partial charge in [-0.2, -0.15) is 0 Å². The van der Waals surface area contributed by atoms with E-state index in [2.05, 4.69) is 36.5 Å². The van der Waals surface area contributed by atoms with E-state index in [0.29, 0.717) is 19.8 Å². The Kier molecular flexibility index (Phi) is 6.89. The average Bonchev–Trinajstić information content (AvgIpc) is 3.01. The third kappa shape index (κ3) is 5.98. The van der Waals surface area contributed by atoms with Gasteiger partial charge in [0, 0.05) is 18.0 Å². The molecule has 3 nitrogen and oxygen atoms in total. The van der Waals surface area contributed by atoms with Gasteiger partial charge in [0.1, 0.15) is 0 Å². The van der Waals surface area contributed by atoms with Crippen LogP contribution in [0.5, 0.6) is 0 Å². The summed E-state index contributed by atoms with van der Waals surface area (Å²) in [6.45, 7) is 4.40. The zero-order valence-electron chi connectivity index (χ0n) is 12.4. The molecular weight excluding hydrogens is 282 g/mol. The van der Waals surface area contributed by atoms with Crippen LogP contribution in [0.3, 0.4) is 0 Å². The van der Waals surface area contributed by atoms with Crippen LogP contribution in [-0.4, -0.2) is 24.4 Å². The summed E-state index contributed by atoms with van der Waals surface area (Å²) >= 11 is 1.67. The number of thiophene rings is 1. The van der Waals surface area contributed by atoms with E-state index in [9.17, 15) is 5.11 Å². The summed E-state index contributed by atoms with van der Waals surface area (Å²) in [4.78, 5) is 1.19. The van der Waals surface area contributed by atoms with Crippen molar-refractivity contribution in [3.63, 3.8) is 0 Å². The third-order valence-electron chi connectivity index (χ3n) is 3.27. The molecule has 21 heavy (non-hydrogen) atoms. The maximum absolute atomic E-state index is 9.85. The number of rotatable bonds is 9. The average molecular weight is 305 g/mol. The molecule has 2 rings (SSSR count). The highest BCUT2D eigenvalue weighted by molar-refractivity contribution is 7.09. The lowest BCUT2D eigenvalue weighted by Gasteiger charge is -2.12. The Labute approximate surface area is 130 Å². The fraction of sp³-hybridized carbons (Fsp3) is 0.412. The molecule has 1 atom stereocenters. The van der Waals surface area contributed by atoms with E-state index in [0.717, 1.165) is 13.0 Å². The van der Waals surface area contributed by atoms with Crippen LogP contribution in [0.2, 0.25) is 0 Å². The summed E-state index contributed by atoms with van der Waals surface area (Å²) in [5, 5.41) is 15.1. The molecule has 1 aromatic heterocycles. The first-order chi connectivity index (χ1) is 10.3. The monoisotopic (exact) mass is 305 g/mol. The molecule has 0 spiro atoms. The number of hydrogen-bond acceptors (Lipinski definition) is 4. The fourth-order valence-corrected chi connectivity index (χ4v) is 2.67. The molecule has 0 fully saturated rings. The van der Waals surface area contributed by atoms with Crippen LogP contribution in [0.25, 0.3) is 0 Å². The summed E-state index contributed by atoms with van der Waals surface area (Å²) in [7, 11) is 0. The van der Waals surface area contributed by atoms with Crippen molar-refractivity contribution in [2.45, 2.75) is 32.6 Å². The molecule has 0 aliphatic rings. The molecular formula is C17H23NO2S. The first kappa shape index (κ1) is 16.2. The summed E-state index contributed by atoms with van der Waals surface area (Å²) in [6, 6.07) is 12.6. The summed E-state index contributed by atoms with van der Waals surface area (Å²) in [5.41, 5.74) is 2.58. The SMILES string of the molecule is CCc1ccc(CNCC(O)COCc2cccs2)cc1. The van der Waals surface area contributed by atoms with Crippen molar-refractivity contribution in [1.82, 2.24) is 5.32 Å². The van der Waals surface area contributed by atoms with E-state index in [4.69, 9.17) is 4.74 Å². The van der Waals surface area contributed by atoms with Crippen molar-refractivity contribution in [1.29, 1.82) is 0 Å². The number of ether oxygens (including phenoxy) is 1. The van der Waals surface area contributed by atoms with Crippen molar-refractivity contribution < 1.29 is 9.84 Å². The van der Waals surface area contributed by atoms with Crippen LogP contribution < -0.4 is 5.32 Å². The molecule has 1 heterocycles. The van der Waals surface area contributed by atoms with E-state index in [-0.39, 0.29) is 0 Å². The van der Waals surface area contributed by atoms with Crippen LogP contribution in [-0.2, 0) is 24.3 Å². The van der Waals surface area contributed by atoms with E-state index < -0.39 is 6.10 Å². The van der Waals surface area contributed by atoms with Gasteiger partial charge >= 0.3 is 0 Å². The van der Waals surface area contributed by atoms with Crippen molar-refractivity contribution in [3.8, 4) is 0 Å². The number of aliphatic hydroxyl groups is 1. The zero-order valence-corrected chi connectivity index (χ0v) is 13.2. The maximum atomic E-state index is 9.85. The molecule has 0 aliphatic carbocycles. The van der Waals surface area contributed by atoms with Crippen LogP contribution in [0, 0.1) is 0 Å². The molecule has 0 aliphatic heterocycles. The number of benzene rings is 1. The zero-order chi connectivity index (χ0) is 14.9. The Morgan fingerprint density at radius 1 is 1.19 bits per heavy atom. The Balaban J connectivity index is 1.58. The molecule has 0 saturated carbocycles. The standard InChI is InChI=1S/C17H23NO2S/c1-2-14-5-7-15(8-6-14)10-18-11-16(19)12-20-13-17-4-3-9-21-17/h3-9,16,18-19H,2,10-13H2,1H3. The second-order valence-corrected chi connectivity index (χ2v) is 6.08. The van der Waals surface area contributed by atoms with Crippen molar-refractivity contribution in [2.24, 2.45) is 0 Å². The summed E-state index contributed by atoms with van der Waals surface area (Å²) < 4.78 is 5.49. The van der Waals surface area contributed by atoms with Crippen LogP contribution in [0.1, 0.15) is 22.9 Å². The van der Waals surface area contributed by atoms with Crippen LogP contribution >= 0.6 is 11.3 Å². The van der Waals surface area contributed by atoms with Gasteiger partial charge in [0.05, 0.1) is 19.3 Å². The maximum Gasteiger partial charge on any atom is 0.0897 e. The van der Waals surface area contributed by atoms with E-state index in [1.54, 1.807) is 11.3 Å². The number of aliphatic hydroxyl groups excluding tert-OH is 1. The van der Waals surface area contributed by atoms with Crippen LogP contribution in [0.15, 0.2) is 41.8 Å². The second-order valence-electron chi connectivity index (χ2n) is 5.05. The highest BCUT2D eigenvalue weighted by atomic mass is 32.1. The predicted octanol–water partition coefficient (Wildman–Crippen LogP) is 2.98. The largest absolute Gasteiger partial charge is 0.389 e. The quantitative estimate of drug-likeness (QED) is 0.748. The lowest BCUT2D eigenvalue weighted by atomic mass is 10.1. The minimum Gasteiger partial charge on any atom is -0.389 e. The highest BCUT2D eigenvalue weighted by Crippen LogP contribution is 2.09. The Hall–Kier alpha value is -1.20. The summed E-state index contributed by atoms with van der Waals surface area (Å²) in [6.07, 6.45) is 0.591. The molecule has 1 unspecified atom stereocenters. The lowest BCUT2D eigenvalue weighted by Crippen LogP contribution is -2.30. The van der Waals surface area contributed by atoms with Crippen molar-refractivity contribution in [2.75, 3.05) is 13.2 Å². The van der Waals surface area contributed by atoms with Gasteiger partial charge in [-0.3, -0.25) is 0 Å². The van der Waals surface area contributed by atoms with Gasteiger partial charge < -0.3 is 15.2 Å². The summed E-state index contributed by atoms with van der Waals surface area (Å²) in [5.74, 6) is 0. The highest BCUT2D eigenvalue weighted by Gasteiger charge is 2.04. The third-order valence-corrected chi connectivity index (χ3v) is 4.12. The molecule has 0 amide bonds. The Bertz CT molecular complexity index is 496. The number of nitrogens with one attached hydrogen (secondary N) is 1. The minimum absolute atomic E-state index is 0.361. The van der Waals surface area contributed by atoms with E-state index in [1.165, 1.54) is 16.0 Å². The van der Waals surface area contributed by atoms with Gasteiger partial charge in [-0.25, -0.2) is 0 Å². The Morgan fingerprint density at radius 2 is 1.95 bits per heavy atom. The molecule has 2 N–H and O–H groups in total. The van der Waals surface area contributed by atoms with Gasteiger partial charge in [-0.15, -0.1) is 11.3 Å². The number of aryl methyl sites for hydroxylation is 1. The Morgan fingerprint density at radius 3 is 2.62 bits per heavy atom. The molecule has 2 aromatic rings. The van der Waals surface area contributed by atoms with E-state index >= 15 is 0 Å². The molecule has 1 aromatic carbocycles. The smallest absolute Gasteiger partial charge is 0.0897 e. The second kappa shape index (κ2) is 8.95. The van der Waals surface area contributed by atoms with Gasteiger partial charge in [0.15, 0.2) is 0 Å². The van der Waals surface area contributed by atoms with Crippen molar-refractivity contribution in [3.05, 3.63) is 57.8 Å².